The summed E-state index contributed by atoms with van der Waals surface area (Å²) in [5.41, 5.74) is 0.498. The second-order valence-electron chi connectivity index (χ2n) is 4.45. The van der Waals surface area contributed by atoms with E-state index in [1.54, 1.807) is 25.3 Å². The van der Waals surface area contributed by atoms with Crippen LogP contribution in [0.1, 0.15) is 20.3 Å². The Balaban J connectivity index is 2.83. The van der Waals surface area contributed by atoms with Crippen LogP contribution < -0.4 is 9.46 Å². The predicted octanol–water partition coefficient (Wildman–Crippen LogP) is 3.25. The predicted molar refractivity (Wildman–Crippen MR) is 77.6 cm³/mol. The highest BCUT2D eigenvalue weighted by Gasteiger charge is 2.13. The maximum atomic E-state index is 11.9. The Morgan fingerprint density at radius 2 is 2.06 bits per heavy atom. The van der Waals surface area contributed by atoms with Crippen molar-refractivity contribution in [2.24, 2.45) is 5.92 Å². The average Bonchev–Trinajstić information content (AvgIpc) is 2.29. The number of sulfonamides is 1. The van der Waals surface area contributed by atoms with E-state index < -0.39 is 10.0 Å². The molecule has 6 heteroatoms. The Morgan fingerprint density at radius 1 is 1.39 bits per heavy atom. The summed E-state index contributed by atoms with van der Waals surface area (Å²) in [4.78, 5) is 0. The van der Waals surface area contributed by atoms with Gasteiger partial charge in [0.2, 0.25) is 10.0 Å². The zero-order chi connectivity index (χ0) is 13.8. The van der Waals surface area contributed by atoms with Gasteiger partial charge >= 0.3 is 0 Å². The molecular formula is C12H18BrNO3S. The Morgan fingerprint density at radius 3 is 2.61 bits per heavy atom. The highest BCUT2D eigenvalue weighted by atomic mass is 79.9. The number of benzene rings is 1. The summed E-state index contributed by atoms with van der Waals surface area (Å²) < 4.78 is 32.1. The summed E-state index contributed by atoms with van der Waals surface area (Å²) in [7, 11) is -1.77. The summed E-state index contributed by atoms with van der Waals surface area (Å²) in [6.07, 6.45) is 0.636. The van der Waals surface area contributed by atoms with Crippen LogP contribution in [0.3, 0.4) is 0 Å². The van der Waals surface area contributed by atoms with Gasteiger partial charge in [-0.3, -0.25) is 4.72 Å². The summed E-state index contributed by atoms with van der Waals surface area (Å²) in [6.45, 7) is 3.99. The molecule has 1 aromatic rings. The molecule has 0 aliphatic rings. The zero-order valence-corrected chi connectivity index (χ0v) is 13.1. The Bertz CT molecular complexity index is 500. The molecule has 1 rings (SSSR count). The number of rotatable bonds is 6. The highest BCUT2D eigenvalue weighted by Crippen LogP contribution is 2.28. The second-order valence-corrected chi connectivity index (χ2v) is 7.15. The van der Waals surface area contributed by atoms with Crippen molar-refractivity contribution >= 4 is 31.6 Å². The quantitative estimate of drug-likeness (QED) is 0.868. The van der Waals surface area contributed by atoms with E-state index in [1.165, 1.54) is 0 Å². The van der Waals surface area contributed by atoms with E-state index in [0.717, 1.165) is 0 Å². The minimum absolute atomic E-state index is 0.119. The third-order valence-electron chi connectivity index (χ3n) is 2.40. The third-order valence-corrected chi connectivity index (χ3v) is 4.40. The van der Waals surface area contributed by atoms with Crippen LogP contribution in [0.4, 0.5) is 5.69 Å². The lowest BCUT2D eigenvalue weighted by Crippen LogP contribution is -2.18. The lowest BCUT2D eigenvalue weighted by atomic mass is 10.2. The molecule has 1 N–H and O–H groups in total. The summed E-state index contributed by atoms with van der Waals surface area (Å²) in [5, 5.41) is 0. The summed E-state index contributed by atoms with van der Waals surface area (Å²) in [6, 6.07) is 5.16. The van der Waals surface area contributed by atoms with Gasteiger partial charge < -0.3 is 4.74 Å². The molecule has 0 bridgehead atoms. The topological polar surface area (TPSA) is 55.4 Å². The van der Waals surface area contributed by atoms with E-state index in [1.807, 2.05) is 13.8 Å². The number of nitrogens with one attached hydrogen (secondary N) is 1. The molecule has 1 aromatic carbocycles. The largest absolute Gasteiger partial charge is 0.497 e. The Labute approximate surface area is 117 Å². The van der Waals surface area contributed by atoms with Crippen molar-refractivity contribution in [2.75, 3.05) is 17.6 Å². The molecule has 102 valence electrons. The van der Waals surface area contributed by atoms with Gasteiger partial charge in [0, 0.05) is 10.5 Å². The zero-order valence-electron chi connectivity index (χ0n) is 10.7. The molecule has 0 amide bonds. The molecule has 0 aliphatic heterocycles. The van der Waals surface area contributed by atoms with Gasteiger partial charge in [-0.1, -0.05) is 13.8 Å². The molecule has 0 unspecified atom stereocenters. The van der Waals surface area contributed by atoms with Crippen molar-refractivity contribution in [2.45, 2.75) is 20.3 Å². The van der Waals surface area contributed by atoms with Crippen LogP contribution in [0.15, 0.2) is 22.7 Å². The van der Waals surface area contributed by atoms with E-state index in [9.17, 15) is 8.42 Å². The van der Waals surface area contributed by atoms with Gasteiger partial charge in [0.25, 0.3) is 0 Å². The fourth-order valence-corrected chi connectivity index (χ4v) is 3.18. The van der Waals surface area contributed by atoms with Crippen LogP contribution >= 0.6 is 15.9 Å². The third kappa shape index (κ3) is 4.86. The summed E-state index contributed by atoms with van der Waals surface area (Å²) in [5.74, 6) is 1.09. The maximum absolute atomic E-state index is 11.9. The van der Waals surface area contributed by atoms with Crippen molar-refractivity contribution in [1.82, 2.24) is 0 Å². The van der Waals surface area contributed by atoms with Gasteiger partial charge in [-0.2, -0.15) is 0 Å². The van der Waals surface area contributed by atoms with Crippen LogP contribution in [-0.4, -0.2) is 21.3 Å². The monoisotopic (exact) mass is 335 g/mol. The molecule has 0 fully saturated rings. The first-order valence-electron chi connectivity index (χ1n) is 5.68. The van der Waals surface area contributed by atoms with Gasteiger partial charge in [0.05, 0.1) is 18.6 Å². The normalized spacial score (nSPS) is 11.6. The van der Waals surface area contributed by atoms with Crippen molar-refractivity contribution < 1.29 is 13.2 Å². The fraction of sp³-hybridized carbons (Fsp3) is 0.500. The van der Waals surface area contributed by atoms with Crippen LogP contribution in [0.2, 0.25) is 0 Å². The van der Waals surface area contributed by atoms with E-state index in [0.29, 0.717) is 28.2 Å². The lowest BCUT2D eigenvalue weighted by molar-refractivity contribution is 0.415. The van der Waals surface area contributed by atoms with Crippen molar-refractivity contribution in [1.29, 1.82) is 0 Å². The highest BCUT2D eigenvalue weighted by molar-refractivity contribution is 9.10. The van der Waals surface area contributed by atoms with Gasteiger partial charge in [0.1, 0.15) is 5.75 Å². The van der Waals surface area contributed by atoms with Crippen LogP contribution in [0, 0.1) is 5.92 Å². The van der Waals surface area contributed by atoms with Gasteiger partial charge in [-0.05, 0) is 40.4 Å². The van der Waals surface area contributed by atoms with Crippen LogP contribution in [0.5, 0.6) is 5.75 Å². The molecule has 0 saturated carbocycles. The molecular weight excluding hydrogens is 318 g/mol. The van der Waals surface area contributed by atoms with Gasteiger partial charge in [-0.15, -0.1) is 0 Å². The molecule has 0 spiro atoms. The smallest absolute Gasteiger partial charge is 0.232 e. The number of hydrogen-bond donors (Lipinski definition) is 1. The molecule has 4 nitrogen and oxygen atoms in total. The molecule has 0 aromatic heterocycles. The molecule has 18 heavy (non-hydrogen) atoms. The summed E-state index contributed by atoms with van der Waals surface area (Å²) >= 11 is 3.31. The van der Waals surface area contributed by atoms with Gasteiger partial charge in [-0.25, -0.2) is 8.42 Å². The lowest BCUT2D eigenvalue weighted by Gasteiger charge is -2.12. The molecule has 0 aliphatic carbocycles. The van der Waals surface area contributed by atoms with Crippen LogP contribution in [0.25, 0.3) is 0 Å². The maximum Gasteiger partial charge on any atom is 0.232 e. The number of anilines is 1. The number of methoxy groups -OCH3 is 1. The SMILES string of the molecule is COc1ccc(Br)c(NS(=O)(=O)CCC(C)C)c1. The van der Waals surface area contributed by atoms with E-state index in [4.69, 9.17) is 4.74 Å². The fourth-order valence-electron chi connectivity index (χ4n) is 1.32. The number of hydrogen-bond acceptors (Lipinski definition) is 3. The van der Waals surface area contributed by atoms with Crippen molar-refractivity contribution in [3.05, 3.63) is 22.7 Å². The molecule has 0 heterocycles. The Kier molecular flexibility index (Phi) is 5.47. The average molecular weight is 336 g/mol. The van der Waals surface area contributed by atoms with Crippen molar-refractivity contribution in [3.8, 4) is 5.75 Å². The number of halogens is 1. The first kappa shape index (κ1) is 15.3. The molecule has 0 radical (unpaired) electrons. The molecule has 0 saturated heterocycles. The molecule has 0 atom stereocenters. The number of ether oxygens (including phenoxy) is 1. The van der Waals surface area contributed by atoms with E-state index in [-0.39, 0.29) is 5.75 Å². The van der Waals surface area contributed by atoms with Gasteiger partial charge in [0.15, 0.2) is 0 Å². The first-order valence-corrected chi connectivity index (χ1v) is 8.12. The van der Waals surface area contributed by atoms with Crippen LogP contribution in [-0.2, 0) is 10.0 Å². The Hall–Kier alpha value is -0.750. The van der Waals surface area contributed by atoms with E-state index in [2.05, 4.69) is 20.7 Å². The minimum atomic E-state index is -3.31. The first-order chi connectivity index (χ1) is 8.34. The standard InChI is InChI=1S/C12H18BrNO3S/c1-9(2)6-7-18(15,16)14-12-8-10(17-3)4-5-11(12)13/h4-5,8-9,14H,6-7H2,1-3H3. The second kappa shape index (κ2) is 6.43. The van der Waals surface area contributed by atoms with Crippen molar-refractivity contribution in [3.63, 3.8) is 0 Å². The minimum Gasteiger partial charge on any atom is -0.497 e. The van der Waals surface area contributed by atoms with E-state index >= 15 is 0 Å².